The van der Waals surface area contributed by atoms with Gasteiger partial charge in [-0.25, -0.2) is 4.99 Å². The van der Waals surface area contributed by atoms with Crippen molar-refractivity contribution in [3.05, 3.63) is 61.5 Å². The fourth-order valence-corrected chi connectivity index (χ4v) is 2.79. The molecule has 0 aliphatic rings. The molecule has 0 heterocycles. The molecule has 0 aliphatic heterocycles. The van der Waals surface area contributed by atoms with Crippen molar-refractivity contribution in [1.82, 2.24) is 4.90 Å². The second kappa shape index (κ2) is 8.25. The van der Waals surface area contributed by atoms with Crippen LogP contribution in [-0.2, 0) is 6.42 Å². The van der Waals surface area contributed by atoms with Gasteiger partial charge in [0.15, 0.2) is 0 Å². The van der Waals surface area contributed by atoms with Gasteiger partial charge in [-0.15, -0.1) is 0 Å². The lowest BCUT2D eigenvalue weighted by Gasteiger charge is -2.11. The molecule has 0 spiro atoms. The smallest absolute Gasteiger partial charge is 0.0910 e. The Hall–Kier alpha value is -0.930. The van der Waals surface area contributed by atoms with Gasteiger partial charge in [-0.2, -0.15) is 0 Å². The first-order valence-corrected chi connectivity index (χ1v) is 8.58. The molecule has 0 fully saturated rings. The maximum Gasteiger partial charge on any atom is 0.0910 e. The summed E-state index contributed by atoms with van der Waals surface area (Å²) in [4.78, 5) is 6.30. The molecule has 122 valence electrons. The maximum absolute atomic E-state index is 6.37. The van der Waals surface area contributed by atoms with E-state index in [2.05, 4.69) is 4.99 Å². The third kappa shape index (κ3) is 4.77. The van der Waals surface area contributed by atoms with Crippen molar-refractivity contribution < 1.29 is 0 Å². The second-order valence-corrected chi connectivity index (χ2v) is 6.70. The molecule has 0 aliphatic carbocycles. The van der Waals surface area contributed by atoms with Gasteiger partial charge >= 0.3 is 0 Å². The van der Waals surface area contributed by atoms with Gasteiger partial charge in [0.2, 0.25) is 0 Å². The van der Waals surface area contributed by atoms with Gasteiger partial charge in [-0.3, -0.25) is 0 Å². The summed E-state index contributed by atoms with van der Waals surface area (Å²) in [6.07, 6.45) is 2.28. The molecule has 2 nitrogen and oxygen atoms in total. The molecular weight excluding hydrogens is 374 g/mol. The molecule has 0 atom stereocenters. The zero-order valence-corrected chi connectivity index (χ0v) is 15.8. The Morgan fingerprint density at radius 1 is 1.00 bits per heavy atom. The normalized spacial score (nSPS) is 11.2. The Kier molecular flexibility index (Phi) is 6.60. The van der Waals surface area contributed by atoms with Gasteiger partial charge in [0.05, 0.1) is 27.1 Å². The predicted octanol–water partition coefficient (Wildman–Crippen LogP) is 6.50. The summed E-state index contributed by atoms with van der Waals surface area (Å²) in [7, 11) is 1.94. The highest BCUT2D eigenvalue weighted by molar-refractivity contribution is 6.42. The van der Waals surface area contributed by atoms with Crippen LogP contribution in [0.2, 0.25) is 20.1 Å². The molecule has 0 unspecified atom stereocenters. The van der Waals surface area contributed by atoms with Crippen molar-refractivity contribution in [3.63, 3.8) is 0 Å². The highest BCUT2D eigenvalue weighted by Crippen LogP contribution is 2.34. The van der Waals surface area contributed by atoms with E-state index in [1.165, 1.54) is 0 Å². The van der Waals surface area contributed by atoms with Gasteiger partial charge in [-0.1, -0.05) is 58.5 Å². The Balaban J connectivity index is 2.30. The number of nitrogens with zero attached hydrogens (tertiary/aromatic N) is 2. The monoisotopic (exact) mass is 388 g/mol. The number of hydrogen-bond acceptors (Lipinski definition) is 1. The summed E-state index contributed by atoms with van der Waals surface area (Å²) in [6, 6.07) is 9.11. The summed E-state index contributed by atoms with van der Waals surface area (Å²) < 4.78 is 0. The minimum atomic E-state index is 0.523. The van der Waals surface area contributed by atoms with E-state index in [1.54, 1.807) is 18.5 Å². The van der Waals surface area contributed by atoms with Crippen molar-refractivity contribution in [2.45, 2.75) is 13.3 Å². The summed E-state index contributed by atoms with van der Waals surface area (Å²) in [5.74, 6) is 0. The van der Waals surface area contributed by atoms with Crippen LogP contribution in [0.15, 0.2) is 35.3 Å². The average molecular weight is 390 g/mol. The van der Waals surface area contributed by atoms with Gasteiger partial charge in [0, 0.05) is 25.0 Å². The van der Waals surface area contributed by atoms with Gasteiger partial charge in [-0.05, 0) is 36.2 Å². The van der Waals surface area contributed by atoms with Gasteiger partial charge in [0.25, 0.3) is 0 Å². The molecule has 0 saturated carbocycles. The van der Waals surface area contributed by atoms with Crippen molar-refractivity contribution in [2.75, 3.05) is 13.6 Å². The van der Waals surface area contributed by atoms with Crippen LogP contribution in [0.3, 0.4) is 0 Å². The zero-order chi connectivity index (χ0) is 17.0. The maximum atomic E-state index is 6.37. The van der Waals surface area contributed by atoms with E-state index in [4.69, 9.17) is 46.4 Å². The SMILES string of the molecule is CCN(C)C=Nc1cc(Cl)c(Cc2cccc(Cl)c2Cl)cc1Cl. The number of halogens is 4. The summed E-state index contributed by atoms with van der Waals surface area (Å²) in [5, 5.41) is 2.20. The van der Waals surface area contributed by atoms with Crippen LogP contribution < -0.4 is 0 Å². The molecule has 0 amide bonds. The lowest BCUT2D eigenvalue weighted by molar-refractivity contribution is 0.552. The molecule has 0 aromatic heterocycles. The minimum absolute atomic E-state index is 0.523. The van der Waals surface area contributed by atoms with Crippen LogP contribution >= 0.6 is 46.4 Å². The van der Waals surface area contributed by atoms with Crippen LogP contribution in [0, 0.1) is 0 Å². The van der Waals surface area contributed by atoms with E-state index in [-0.39, 0.29) is 0 Å². The predicted molar refractivity (Wildman–Crippen MR) is 102 cm³/mol. The Morgan fingerprint density at radius 2 is 1.74 bits per heavy atom. The van der Waals surface area contributed by atoms with E-state index in [9.17, 15) is 0 Å². The van der Waals surface area contributed by atoms with E-state index < -0.39 is 0 Å². The molecule has 6 heteroatoms. The summed E-state index contributed by atoms with van der Waals surface area (Å²) in [5.41, 5.74) is 2.42. The first-order chi connectivity index (χ1) is 10.9. The van der Waals surface area contributed by atoms with Gasteiger partial charge in [0.1, 0.15) is 0 Å². The molecule has 0 radical (unpaired) electrons. The van der Waals surface area contributed by atoms with E-state index in [0.717, 1.165) is 17.7 Å². The summed E-state index contributed by atoms with van der Waals surface area (Å²) in [6.45, 7) is 2.90. The quantitative estimate of drug-likeness (QED) is 0.420. The number of aliphatic imine (C=N–C) groups is 1. The Bertz CT molecular complexity index is 729. The van der Waals surface area contributed by atoms with Crippen molar-refractivity contribution in [1.29, 1.82) is 0 Å². The third-order valence-corrected chi connectivity index (χ3v) is 4.93. The second-order valence-electron chi connectivity index (χ2n) is 5.10. The Labute approximate surface area is 156 Å². The topological polar surface area (TPSA) is 15.6 Å². The molecule has 0 saturated heterocycles. The van der Waals surface area contributed by atoms with Crippen molar-refractivity contribution in [2.24, 2.45) is 4.99 Å². The standard InChI is InChI=1S/C17H16Cl4N2/c1-3-23(2)10-22-16-9-14(19)12(8-15(16)20)7-11-5-4-6-13(18)17(11)21/h4-6,8-10H,3,7H2,1-2H3. The number of rotatable bonds is 5. The number of hydrogen-bond donors (Lipinski definition) is 0. The molecule has 23 heavy (non-hydrogen) atoms. The molecule has 0 bridgehead atoms. The van der Waals surface area contributed by atoms with Crippen LogP contribution in [-0.4, -0.2) is 24.8 Å². The van der Waals surface area contributed by atoms with Crippen LogP contribution in [0.4, 0.5) is 5.69 Å². The fraction of sp³-hybridized carbons (Fsp3) is 0.235. The fourth-order valence-electron chi connectivity index (χ4n) is 1.94. The van der Waals surface area contributed by atoms with Crippen LogP contribution in [0.25, 0.3) is 0 Å². The average Bonchev–Trinajstić information content (AvgIpc) is 2.53. The van der Waals surface area contributed by atoms with Crippen LogP contribution in [0.5, 0.6) is 0 Å². The Morgan fingerprint density at radius 3 is 2.43 bits per heavy atom. The molecule has 0 N–H and O–H groups in total. The first kappa shape index (κ1) is 18.4. The molecular formula is C17H16Cl4N2. The van der Waals surface area contributed by atoms with E-state index >= 15 is 0 Å². The van der Waals surface area contributed by atoms with Crippen molar-refractivity contribution >= 4 is 58.4 Å². The first-order valence-electron chi connectivity index (χ1n) is 7.07. The molecule has 2 rings (SSSR count). The molecule has 2 aromatic carbocycles. The third-order valence-electron chi connectivity index (χ3n) is 3.42. The highest BCUT2D eigenvalue weighted by Gasteiger charge is 2.11. The lowest BCUT2D eigenvalue weighted by Crippen LogP contribution is -2.14. The van der Waals surface area contributed by atoms with E-state index in [1.807, 2.05) is 37.1 Å². The number of benzene rings is 2. The van der Waals surface area contributed by atoms with Gasteiger partial charge < -0.3 is 4.90 Å². The summed E-state index contributed by atoms with van der Waals surface area (Å²) >= 11 is 25.0. The van der Waals surface area contributed by atoms with E-state index in [0.29, 0.717) is 32.2 Å². The minimum Gasteiger partial charge on any atom is -0.366 e. The lowest BCUT2D eigenvalue weighted by atomic mass is 10.0. The zero-order valence-electron chi connectivity index (χ0n) is 12.8. The largest absolute Gasteiger partial charge is 0.366 e. The van der Waals surface area contributed by atoms with Crippen LogP contribution in [0.1, 0.15) is 18.1 Å². The van der Waals surface area contributed by atoms with Crippen molar-refractivity contribution in [3.8, 4) is 0 Å². The molecule has 2 aromatic rings. The highest BCUT2D eigenvalue weighted by atomic mass is 35.5.